The van der Waals surface area contributed by atoms with Gasteiger partial charge in [0.1, 0.15) is 0 Å². The van der Waals surface area contributed by atoms with Gasteiger partial charge in [-0.3, -0.25) is 4.68 Å². The van der Waals surface area contributed by atoms with E-state index in [4.69, 9.17) is 5.11 Å². The molecule has 22 heavy (non-hydrogen) atoms. The first-order valence-corrected chi connectivity index (χ1v) is 7.50. The van der Waals surface area contributed by atoms with E-state index in [1.165, 1.54) is 0 Å². The molecular weight excluding hydrogens is 280 g/mol. The van der Waals surface area contributed by atoms with Gasteiger partial charge in [-0.15, -0.1) is 0 Å². The average Bonchev–Trinajstić information content (AvgIpc) is 2.94. The molecular formula is C16H22N4O2. The first kappa shape index (κ1) is 16.0. The van der Waals surface area contributed by atoms with E-state index in [0.717, 1.165) is 29.7 Å². The third-order valence-corrected chi connectivity index (χ3v) is 3.46. The lowest BCUT2D eigenvalue weighted by Crippen LogP contribution is -2.21. The van der Waals surface area contributed by atoms with Gasteiger partial charge in [-0.1, -0.05) is 32.0 Å². The number of rotatable bonds is 6. The molecule has 0 atom stereocenters. The Bertz CT molecular complexity index is 615. The molecule has 118 valence electrons. The monoisotopic (exact) mass is 302 g/mol. The molecule has 2 aromatic rings. The normalized spacial score (nSPS) is 10.5. The first-order valence-electron chi connectivity index (χ1n) is 7.50. The zero-order chi connectivity index (χ0) is 15.9. The number of carbonyl (C=O) groups excluding carboxylic acids is 1. The molecule has 0 aliphatic heterocycles. The van der Waals surface area contributed by atoms with Crippen LogP contribution in [0, 0.1) is 0 Å². The Morgan fingerprint density at radius 2 is 1.91 bits per heavy atom. The predicted octanol–water partition coefficient (Wildman–Crippen LogP) is 2.64. The molecule has 0 bridgehead atoms. The van der Waals surface area contributed by atoms with E-state index in [1.54, 1.807) is 17.1 Å². The minimum absolute atomic E-state index is 0.0110. The van der Waals surface area contributed by atoms with Gasteiger partial charge in [0.25, 0.3) is 0 Å². The van der Waals surface area contributed by atoms with Crippen LogP contribution in [0.2, 0.25) is 0 Å². The Morgan fingerprint density at radius 3 is 2.50 bits per heavy atom. The summed E-state index contributed by atoms with van der Waals surface area (Å²) >= 11 is 0. The summed E-state index contributed by atoms with van der Waals surface area (Å²) in [6, 6.07) is 5.76. The van der Waals surface area contributed by atoms with Crippen molar-refractivity contribution in [1.82, 2.24) is 9.78 Å². The highest BCUT2D eigenvalue weighted by Crippen LogP contribution is 2.22. The molecule has 1 aromatic heterocycles. The summed E-state index contributed by atoms with van der Waals surface area (Å²) in [4.78, 5) is 12.2. The van der Waals surface area contributed by atoms with Crippen LogP contribution in [0.25, 0.3) is 0 Å². The lowest BCUT2D eigenvalue weighted by atomic mass is 10.0. The van der Waals surface area contributed by atoms with Crippen LogP contribution in [0.4, 0.5) is 16.2 Å². The van der Waals surface area contributed by atoms with Gasteiger partial charge >= 0.3 is 6.03 Å². The molecule has 0 radical (unpaired) electrons. The van der Waals surface area contributed by atoms with Crippen molar-refractivity contribution in [3.8, 4) is 0 Å². The van der Waals surface area contributed by atoms with E-state index >= 15 is 0 Å². The van der Waals surface area contributed by atoms with Crippen molar-refractivity contribution in [2.24, 2.45) is 0 Å². The molecule has 0 saturated heterocycles. The average molecular weight is 302 g/mol. The highest BCUT2D eigenvalue weighted by atomic mass is 16.3. The van der Waals surface area contributed by atoms with Crippen LogP contribution in [0.3, 0.4) is 0 Å². The number of urea groups is 1. The van der Waals surface area contributed by atoms with Crippen molar-refractivity contribution in [1.29, 1.82) is 0 Å². The van der Waals surface area contributed by atoms with Crippen molar-refractivity contribution >= 4 is 17.4 Å². The van der Waals surface area contributed by atoms with Gasteiger partial charge in [0.15, 0.2) is 0 Å². The third-order valence-electron chi connectivity index (χ3n) is 3.46. The van der Waals surface area contributed by atoms with Gasteiger partial charge in [0, 0.05) is 11.9 Å². The number of hydrogen-bond donors (Lipinski definition) is 3. The summed E-state index contributed by atoms with van der Waals surface area (Å²) in [6.45, 7) is 4.55. The third kappa shape index (κ3) is 3.85. The van der Waals surface area contributed by atoms with Crippen LogP contribution in [-0.4, -0.2) is 27.5 Å². The molecule has 1 heterocycles. The molecule has 3 N–H and O–H groups in total. The van der Waals surface area contributed by atoms with Gasteiger partial charge in [0.05, 0.1) is 25.0 Å². The number of benzene rings is 1. The zero-order valence-electron chi connectivity index (χ0n) is 13.0. The quantitative estimate of drug-likeness (QED) is 0.767. The van der Waals surface area contributed by atoms with E-state index in [0.29, 0.717) is 12.2 Å². The summed E-state index contributed by atoms with van der Waals surface area (Å²) in [5, 5.41) is 18.6. The van der Waals surface area contributed by atoms with E-state index in [-0.39, 0.29) is 12.6 Å². The summed E-state index contributed by atoms with van der Waals surface area (Å²) in [5.74, 6) is 0. The highest BCUT2D eigenvalue weighted by Gasteiger charge is 2.10. The molecule has 0 aliphatic carbocycles. The zero-order valence-corrected chi connectivity index (χ0v) is 13.0. The van der Waals surface area contributed by atoms with Crippen LogP contribution in [0.15, 0.2) is 30.6 Å². The van der Waals surface area contributed by atoms with Crippen LogP contribution in [0.1, 0.15) is 25.0 Å². The van der Waals surface area contributed by atoms with Crippen molar-refractivity contribution in [2.75, 3.05) is 17.2 Å². The SMILES string of the molecule is CCc1cccc(CC)c1NC(=O)Nc1cnn(CCO)c1. The molecule has 0 saturated carbocycles. The van der Waals surface area contributed by atoms with E-state index in [9.17, 15) is 4.79 Å². The van der Waals surface area contributed by atoms with Gasteiger partial charge in [-0.05, 0) is 24.0 Å². The lowest BCUT2D eigenvalue weighted by molar-refractivity contribution is 0.262. The lowest BCUT2D eigenvalue weighted by Gasteiger charge is -2.14. The van der Waals surface area contributed by atoms with Crippen molar-refractivity contribution in [3.05, 3.63) is 41.7 Å². The summed E-state index contributed by atoms with van der Waals surface area (Å²) < 4.78 is 1.58. The van der Waals surface area contributed by atoms with E-state index < -0.39 is 0 Å². The minimum Gasteiger partial charge on any atom is -0.394 e. The molecule has 0 fully saturated rings. The molecule has 2 amide bonds. The molecule has 6 heteroatoms. The smallest absolute Gasteiger partial charge is 0.323 e. The fourth-order valence-corrected chi connectivity index (χ4v) is 2.33. The number of aromatic nitrogens is 2. The molecule has 2 rings (SSSR count). The second-order valence-electron chi connectivity index (χ2n) is 4.95. The fraction of sp³-hybridized carbons (Fsp3) is 0.375. The Hall–Kier alpha value is -2.34. The topological polar surface area (TPSA) is 79.2 Å². The first-order chi connectivity index (χ1) is 10.7. The molecule has 0 spiro atoms. The molecule has 1 aromatic carbocycles. The highest BCUT2D eigenvalue weighted by molar-refractivity contribution is 6.00. The van der Waals surface area contributed by atoms with Crippen LogP contribution >= 0.6 is 0 Å². The van der Waals surface area contributed by atoms with Crippen molar-refractivity contribution in [3.63, 3.8) is 0 Å². The number of carbonyl (C=O) groups is 1. The van der Waals surface area contributed by atoms with Crippen LogP contribution in [-0.2, 0) is 19.4 Å². The number of amides is 2. The van der Waals surface area contributed by atoms with Crippen molar-refractivity contribution in [2.45, 2.75) is 33.2 Å². The van der Waals surface area contributed by atoms with E-state index in [1.807, 2.05) is 18.2 Å². The van der Waals surface area contributed by atoms with Gasteiger partial charge in [0.2, 0.25) is 0 Å². The molecule has 0 unspecified atom stereocenters. The maximum atomic E-state index is 12.2. The van der Waals surface area contributed by atoms with Crippen LogP contribution in [0.5, 0.6) is 0 Å². The number of anilines is 2. The number of nitrogens with one attached hydrogen (secondary N) is 2. The Balaban J connectivity index is 2.08. The summed E-state index contributed by atoms with van der Waals surface area (Å²) in [7, 11) is 0. The van der Waals surface area contributed by atoms with Crippen LogP contribution < -0.4 is 10.6 Å². The standard InChI is InChI=1S/C16H22N4O2/c1-3-12-6-5-7-13(4-2)15(12)19-16(22)18-14-10-17-20(11-14)8-9-21/h5-7,10-11,21H,3-4,8-9H2,1-2H3,(H2,18,19,22). The number of hydrogen-bond acceptors (Lipinski definition) is 3. The van der Waals surface area contributed by atoms with Gasteiger partial charge in [-0.2, -0.15) is 5.10 Å². The van der Waals surface area contributed by atoms with E-state index in [2.05, 4.69) is 29.6 Å². The van der Waals surface area contributed by atoms with Gasteiger partial charge in [-0.25, -0.2) is 4.79 Å². The van der Waals surface area contributed by atoms with Gasteiger partial charge < -0.3 is 15.7 Å². The number of aliphatic hydroxyl groups is 1. The maximum Gasteiger partial charge on any atom is 0.323 e. The molecule has 6 nitrogen and oxygen atoms in total. The Kier molecular flexibility index (Phi) is 5.55. The summed E-state index contributed by atoms with van der Waals surface area (Å²) in [6.07, 6.45) is 4.96. The van der Waals surface area contributed by atoms with Crippen molar-refractivity contribution < 1.29 is 9.90 Å². The minimum atomic E-state index is -0.292. The fourth-order valence-electron chi connectivity index (χ4n) is 2.33. The Morgan fingerprint density at radius 1 is 1.23 bits per heavy atom. The molecule has 0 aliphatic rings. The number of nitrogens with zero attached hydrogens (tertiary/aromatic N) is 2. The number of aliphatic hydroxyl groups excluding tert-OH is 1. The second-order valence-corrected chi connectivity index (χ2v) is 4.95. The second kappa shape index (κ2) is 7.61. The predicted molar refractivity (Wildman–Crippen MR) is 87.2 cm³/mol. The maximum absolute atomic E-state index is 12.2. The number of aryl methyl sites for hydroxylation is 2. The number of para-hydroxylation sites is 1. The largest absolute Gasteiger partial charge is 0.394 e. The Labute approximate surface area is 130 Å². The summed E-state index contributed by atoms with van der Waals surface area (Å²) in [5.41, 5.74) is 3.71.